The predicted molar refractivity (Wildman–Crippen MR) is 267 cm³/mol. The number of hydrogen-bond donors (Lipinski definition) is 4. The van der Waals surface area contributed by atoms with E-state index in [1.54, 1.807) is 62.5 Å². The number of esters is 2. The highest BCUT2D eigenvalue weighted by Gasteiger charge is 2.22. The molecule has 4 N–H and O–H groups in total. The average Bonchev–Trinajstić information content (AvgIpc) is 3.29. The van der Waals surface area contributed by atoms with Crippen LogP contribution in [-0.2, 0) is 38.6 Å². The van der Waals surface area contributed by atoms with Gasteiger partial charge in [-0.15, -0.1) is 0 Å². The molecule has 66 heavy (non-hydrogen) atoms. The topological polar surface area (TPSA) is 132 Å². The summed E-state index contributed by atoms with van der Waals surface area (Å²) < 4.78 is 10.3. The maximum absolute atomic E-state index is 12.3. The van der Waals surface area contributed by atoms with Crippen molar-refractivity contribution in [3.63, 3.8) is 0 Å². The molecule has 0 saturated heterocycles. The van der Waals surface area contributed by atoms with Crippen molar-refractivity contribution in [2.45, 2.75) is 45.4 Å². The number of halogens is 4. The highest BCUT2D eigenvalue weighted by molar-refractivity contribution is 6.33. The Morgan fingerprint density at radius 2 is 1.05 bits per heavy atom. The SMILES string of the molecule is CCOC(=O)CN(Cc1ccccc1)C[C@H](Cc1ccc(O)cc1Cl)c1ccc(Cl)cc1.CCOC(=O)CN(Cc1ccccc1)C[C@H](O)c1ccc(Cl)cc1.CNc1ccc(O)cc1Cl. The maximum atomic E-state index is 12.3. The summed E-state index contributed by atoms with van der Waals surface area (Å²) in [4.78, 5) is 28.1. The van der Waals surface area contributed by atoms with Crippen molar-refractivity contribution >= 4 is 64.0 Å². The zero-order chi connectivity index (χ0) is 47.8. The van der Waals surface area contributed by atoms with Gasteiger partial charge in [-0.3, -0.25) is 19.4 Å². The first kappa shape index (κ1) is 53.3. The van der Waals surface area contributed by atoms with Gasteiger partial charge < -0.3 is 30.1 Å². The Bertz CT molecular complexity index is 2360. The maximum Gasteiger partial charge on any atom is 0.320 e. The van der Waals surface area contributed by atoms with Gasteiger partial charge in [-0.25, -0.2) is 0 Å². The first-order chi connectivity index (χ1) is 31.8. The summed E-state index contributed by atoms with van der Waals surface area (Å²) in [6, 6.07) is 44.5. The van der Waals surface area contributed by atoms with E-state index in [2.05, 4.69) is 10.2 Å². The van der Waals surface area contributed by atoms with Crippen LogP contribution in [0.15, 0.2) is 146 Å². The average molecular weight is 978 g/mol. The third-order valence-electron chi connectivity index (χ3n) is 10.0. The van der Waals surface area contributed by atoms with Crippen LogP contribution in [0.1, 0.15) is 53.7 Å². The van der Waals surface area contributed by atoms with Gasteiger partial charge in [0.1, 0.15) is 11.5 Å². The number of ether oxygens (including phenoxy) is 2. The van der Waals surface area contributed by atoms with Crippen molar-refractivity contribution < 1.29 is 34.4 Å². The van der Waals surface area contributed by atoms with E-state index in [0.717, 1.165) is 33.5 Å². The number of aliphatic hydroxyl groups is 1. The lowest BCUT2D eigenvalue weighted by atomic mass is 9.91. The number of carbonyl (C=O) groups excluding carboxylic acids is 2. The largest absolute Gasteiger partial charge is 0.508 e. The highest BCUT2D eigenvalue weighted by atomic mass is 35.5. The molecule has 2 atom stereocenters. The predicted octanol–water partition coefficient (Wildman–Crippen LogP) is 11.6. The van der Waals surface area contributed by atoms with Crippen LogP contribution < -0.4 is 5.32 Å². The van der Waals surface area contributed by atoms with E-state index in [0.29, 0.717) is 65.9 Å². The van der Waals surface area contributed by atoms with Gasteiger partial charge in [-0.2, -0.15) is 0 Å². The number of benzene rings is 6. The molecule has 0 amide bonds. The van der Waals surface area contributed by atoms with E-state index in [4.69, 9.17) is 61.0 Å². The summed E-state index contributed by atoms with van der Waals surface area (Å²) in [6.45, 7) is 6.73. The van der Waals surface area contributed by atoms with Crippen LogP contribution in [0.3, 0.4) is 0 Å². The Morgan fingerprint density at radius 1 is 0.591 bits per heavy atom. The molecule has 0 aliphatic carbocycles. The first-order valence-corrected chi connectivity index (χ1v) is 22.9. The van der Waals surface area contributed by atoms with Gasteiger partial charge in [0.05, 0.1) is 43.1 Å². The lowest BCUT2D eigenvalue weighted by Crippen LogP contribution is -2.34. The van der Waals surface area contributed by atoms with Gasteiger partial charge in [-0.05, 0) is 96.6 Å². The van der Waals surface area contributed by atoms with E-state index in [9.17, 15) is 19.8 Å². The summed E-state index contributed by atoms with van der Waals surface area (Å²) in [5.41, 5.74) is 5.81. The van der Waals surface area contributed by atoms with Crippen LogP contribution in [0.5, 0.6) is 11.5 Å². The van der Waals surface area contributed by atoms with Gasteiger partial charge in [0, 0.05) is 60.3 Å². The van der Waals surface area contributed by atoms with E-state index in [-0.39, 0.29) is 42.4 Å². The van der Waals surface area contributed by atoms with E-state index >= 15 is 0 Å². The van der Waals surface area contributed by atoms with Crippen LogP contribution in [0.2, 0.25) is 20.1 Å². The van der Waals surface area contributed by atoms with Crippen LogP contribution in [-0.4, -0.2) is 83.5 Å². The zero-order valence-electron chi connectivity index (χ0n) is 37.3. The molecule has 0 saturated carbocycles. The molecule has 0 aromatic heterocycles. The van der Waals surface area contributed by atoms with Gasteiger partial charge >= 0.3 is 11.9 Å². The quantitative estimate of drug-likeness (QED) is 0.0459. The number of anilines is 1. The van der Waals surface area contributed by atoms with Crippen molar-refractivity contribution in [3.05, 3.63) is 194 Å². The Kier molecular flexibility index (Phi) is 23.2. The van der Waals surface area contributed by atoms with E-state index in [1.165, 1.54) is 6.07 Å². The number of aromatic hydroxyl groups is 2. The van der Waals surface area contributed by atoms with Crippen LogP contribution in [0.25, 0.3) is 0 Å². The van der Waals surface area contributed by atoms with Crippen molar-refractivity contribution in [2.24, 2.45) is 0 Å². The molecule has 0 aliphatic heterocycles. The number of phenols is 2. The summed E-state index contributed by atoms with van der Waals surface area (Å²) in [5.74, 6) is -0.177. The molecule has 14 heteroatoms. The standard InChI is InChI=1S/C26H27Cl2NO3.C19H22ClNO3.C7H8ClNO/c1-2-32-26(31)18-29(16-19-6-4-3-5-7-19)17-22(20-8-11-23(27)12-9-20)14-21-10-13-24(30)15-25(21)28;1-2-24-19(23)14-21(12-15-6-4-3-5-7-15)13-18(22)16-8-10-17(20)11-9-16;1-9-7-3-2-5(10)4-6(7)8/h3-13,15,22,30H,2,14,16-18H2,1H3;3-11,18,22H,2,12-14H2,1H3;2-4,9-10H,1H3/t22-;18-;/m00./s1. The van der Waals surface area contributed by atoms with Crippen LogP contribution in [0.4, 0.5) is 5.69 Å². The number of nitrogens with zero attached hydrogens (tertiary/aromatic N) is 2. The minimum atomic E-state index is -0.708. The molecule has 6 aromatic rings. The fraction of sp³-hybridized carbons (Fsp3) is 0.269. The number of rotatable bonds is 19. The fourth-order valence-corrected chi connectivity index (χ4v) is 7.65. The molecule has 6 aromatic carbocycles. The summed E-state index contributed by atoms with van der Waals surface area (Å²) >= 11 is 24.1. The molecule has 0 spiro atoms. The molecule has 0 aliphatic rings. The second kappa shape index (κ2) is 28.7. The molecule has 0 fully saturated rings. The summed E-state index contributed by atoms with van der Waals surface area (Å²) in [5, 5.41) is 34.3. The van der Waals surface area contributed by atoms with Gasteiger partial charge in [-0.1, -0.05) is 137 Å². The van der Waals surface area contributed by atoms with Crippen molar-refractivity contribution in [1.82, 2.24) is 9.80 Å². The molecule has 0 radical (unpaired) electrons. The van der Waals surface area contributed by atoms with Crippen molar-refractivity contribution in [3.8, 4) is 11.5 Å². The lowest BCUT2D eigenvalue weighted by Gasteiger charge is -2.28. The van der Waals surface area contributed by atoms with E-state index in [1.807, 2.05) is 103 Å². The Balaban J connectivity index is 0.000000245. The minimum Gasteiger partial charge on any atom is -0.508 e. The second-order valence-electron chi connectivity index (χ2n) is 15.1. The fourth-order valence-electron chi connectivity index (χ4n) is 6.87. The molecule has 10 nitrogen and oxygen atoms in total. The Morgan fingerprint density at radius 3 is 1.50 bits per heavy atom. The number of carbonyl (C=O) groups is 2. The highest BCUT2D eigenvalue weighted by Crippen LogP contribution is 2.30. The molecule has 0 heterocycles. The number of aliphatic hydroxyl groups excluding tert-OH is 1. The molecular formula is C52H57Cl4N3O7. The molecule has 0 unspecified atom stereocenters. The normalized spacial score (nSPS) is 11.7. The third kappa shape index (κ3) is 19.3. The molecule has 0 bridgehead atoms. The number of nitrogens with one attached hydrogen (secondary N) is 1. The van der Waals surface area contributed by atoms with Crippen molar-refractivity contribution in [2.75, 3.05) is 51.8 Å². The van der Waals surface area contributed by atoms with Crippen LogP contribution in [0, 0.1) is 0 Å². The van der Waals surface area contributed by atoms with Gasteiger partial charge in [0.25, 0.3) is 0 Å². The third-order valence-corrected chi connectivity index (χ3v) is 11.2. The minimum absolute atomic E-state index is 0.0486. The molecule has 6 rings (SSSR count). The Hall–Kier alpha value is -5.30. The summed E-state index contributed by atoms with van der Waals surface area (Å²) in [6.07, 6.45) is -0.0603. The monoisotopic (exact) mass is 975 g/mol. The van der Waals surface area contributed by atoms with E-state index < -0.39 is 6.10 Å². The lowest BCUT2D eigenvalue weighted by molar-refractivity contribution is -0.145. The van der Waals surface area contributed by atoms with Crippen LogP contribution >= 0.6 is 46.4 Å². The smallest absolute Gasteiger partial charge is 0.320 e. The van der Waals surface area contributed by atoms with Crippen molar-refractivity contribution in [1.29, 1.82) is 0 Å². The molecule has 350 valence electrons. The molecular weight excluding hydrogens is 920 g/mol. The zero-order valence-corrected chi connectivity index (χ0v) is 40.3. The Labute approximate surface area is 408 Å². The number of hydrogen-bond acceptors (Lipinski definition) is 10. The van der Waals surface area contributed by atoms with Gasteiger partial charge in [0.15, 0.2) is 0 Å². The first-order valence-electron chi connectivity index (χ1n) is 21.4. The summed E-state index contributed by atoms with van der Waals surface area (Å²) in [7, 11) is 1.78. The number of phenolic OH excluding ortho intramolecular Hbond substituents is 2. The van der Waals surface area contributed by atoms with Gasteiger partial charge in [0.2, 0.25) is 0 Å². The second-order valence-corrected chi connectivity index (χ2v) is 16.8.